The second-order valence-electron chi connectivity index (χ2n) is 14.0. The second-order valence-corrected chi connectivity index (χ2v) is 14.0. The highest BCUT2D eigenvalue weighted by Gasteiger charge is 2.49. The Balaban J connectivity index is 1.36. The van der Waals surface area contributed by atoms with E-state index >= 15 is 4.39 Å². The molecule has 8 rings (SSSR count). The largest absolute Gasteiger partial charge is 0.508 e. The molecule has 0 spiro atoms. The van der Waals surface area contributed by atoms with E-state index in [1.165, 1.54) is 6.07 Å². The number of phenols is 1. The normalized spacial score (nSPS) is 25.0. The summed E-state index contributed by atoms with van der Waals surface area (Å²) >= 11 is 0. The molecule has 0 aliphatic carbocycles. The summed E-state index contributed by atoms with van der Waals surface area (Å²) in [4.78, 5) is 14.1. The zero-order valence-electron chi connectivity index (χ0n) is 27.5. The van der Waals surface area contributed by atoms with Gasteiger partial charge in [0.2, 0.25) is 0 Å². The number of anilines is 1. The van der Waals surface area contributed by atoms with E-state index < -0.39 is 17.3 Å². The Labute approximate surface area is 276 Å². The first-order valence-electron chi connectivity index (χ1n) is 16.7. The number of aromatic nitrogens is 4. The Morgan fingerprint density at radius 1 is 1.12 bits per heavy atom. The maximum absolute atomic E-state index is 15.2. The van der Waals surface area contributed by atoms with Crippen LogP contribution >= 0.6 is 0 Å². The van der Waals surface area contributed by atoms with Crippen molar-refractivity contribution in [2.75, 3.05) is 50.9 Å². The van der Waals surface area contributed by atoms with Gasteiger partial charge in [0.25, 0.3) is 0 Å². The monoisotopic (exact) mass is 658 g/mol. The van der Waals surface area contributed by atoms with Gasteiger partial charge >= 0.3 is 6.01 Å². The van der Waals surface area contributed by atoms with Crippen LogP contribution in [0.2, 0.25) is 0 Å². The summed E-state index contributed by atoms with van der Waals surface area (Å²) in [6.07, 6.45) is 3.73. The molecule has 2 N–H and O–H groups in total. The lowest BCUT2D eigenvalue weighted by Crippen LogP contribution is -2.44. The number of hydrogen-bond acceptors (Lipinski definition) is 9. The van der Waals surface area contributed by atoms with Crippen LogP contribution in [0.1, 0.15) is 38.7 Å². The van der Waals surface area contributed by atoms with Crippen LogP contribution in [0.25, 0.3) is 43.7 Å². The van der Waals surface area contributed by atoms with E-state index in [-0.39, 0.29) is 37.3 Å². The second kappa shape index (κ2) is 11.5. The summed E-state index contributed by atoms with van der Waals surface area (Å²) in [6, 6.07) is 8.47. The van der Waals surface area contributed by atoms with Gasteiger partial charge in [0, 0.05) is 43.7 Å². The summed E-state index contributed by atoms with van der Waals surface area (Å²) in [7, 11) is 1.84. The van der Waals surface area contributed by atoms with Crippen molar-refractivity contribution in [3.63, 3.8) is 0 Å². The number of benzene rings is 3. The third-order valence-electron chi connectivity index (χ3n) is 10.3. The number of fused-ring (bicyclic) bond motifs is 5. The zero-order chi connectivity index (χ0) is 33.4. The molecule has 2 aromatic heterocycles. The fraction of sp³-hybridized carbons (Fsp3) is 0.472. The van der Waals surface area contributed by atoms with Crippen LogP contribution < -0.4 is 9.64 Å². The predicted octanol–water partition coefficient (Wildman–Crippen LogP) is 5.29. The highest BCUT2D eigenvalue weighted by atomic mass is 19.1. The van der Waals surface area contributed by atoms with Gasteiger partial charge in [-0.15, -0.1) is 0 Å². The molecule has 0 saturated carbocycles. The van der Waals surface area contributed by atoms with Crippen LogP contribution in [-0.2, 0) is 18.2 Å². The van der Waals surface area contributed by atoms with E-state index in [1.54, 1.807) is 29.8 Å². The summed E-state index contributed by atoms with van der Waals surface area (Å²) in [5.41, 5.74) is 1.55. The van der Waals surface area contributed by atoms with Gasteiger partial charge in [-0.25, -0.2) is 8.78 Å². The molecule has 3 saturated heterocycles. The molecule has 3 atom stereocenters. The smallest absolute Gasteiger partial charge is 0.319 e. The molecule has 3 aliphatic rings. The minimum absolute atomic E-state index is 0.0534. The number of halogens is 2. The average molecular weight is 659 g/mol. The lowest BCUT2D eigenvalue weighted by atomic mass is 9.91. The first-order valence-corrected chi connectivity index (χ1v) is 16.7. The van der Waals surface area contributed by atoms with Crippen LogP contribution in [0.15, 0.2) is 36.5 Å². The Morgan fingerprint density at radius 2 is 1.98 bits per heavy atom. The molecular weight excluding hydrogens is 618 g/mol. The van der Waals surface area contributed by atoms with Gasteiger partial charge in [-0.2, -0.15) is 15.1 Å². The fourth-order valence-corrected chi connectivity index (χ4v) is 8.27. The third kappa shape index (κ3) is 5.21. The zero-order valence-corrected chi connectivity index (χ0v) is 27.5. The van der Waals surface area contributed by atoms with E-state index in [1.807, 2.05) is 31.1 Å². The van der Waals surface area contributed by atoms with Crippen molar-refractivity contribution in [1.82, 2.24) is 24.6 Å². The van der Waals surface area contributed by atoms with E-state index in [2.05, 4.69) is 4.90 Å². The summed E-state index contributed by atoms with van der Waals surface area (Å²) in [6.45, 7) is 6.49. The van der Waals surface area contributed by atoms with Crippen LogP contribution in [0, 0.1) is 5.82 Å². The number of ether oxygens (including phenoxy) is 2. The van der Waals surface area contributed by atoms with Crippen LogP contribution in [0.4, 0.5) is 14.6 Å². The summed E-state index contributed by atoms with van der Waals surface area (Å²) in [5.74, 6) is 0.313. The molecule has 0 bridgehead atoms. The highest BCUT2D eigenvalue weighted by Crippen LogP contribution is 2.44. The minimum atomic E-state index is -1.13. The summed E-state index contributed by atoms with van der Waals surface area (Å²) < 4.78 is 43.7. The van der Waals surface area contributed by atoms with Crippen molar-refractivity contribution < 1.29 is 28.5 Å². The molecule has 0 amide bonds. The molecule has 3 fully saturated rings. The van der Waals surface area contributed by atoms with E-state index in [0.29, 0.717) is 71.5 Å². The quantitative estimate of drug-likeness (QED) is 0.252. The molecule has 5 aromatic rings. The summed E-state index contributed by atoms with van der Waals surface area (Å²) in [5, 5.41) is 29.8. The maximum Gasteiger partial charge on any atom is 0.319 e. The molecule has 3 aliphatic heterocycles. The Kier molecular flexibility index (Phi) is 7.46. The molecule has 10 nitrogen and oxygen atoms in total. The number of hydrogen-bond donors (Lipinski definition) is 2. The number of aryl methyl sites for hydroxylation is 2. The number of aromatic hydroxyl groups is 1. The maximum atomic E-state index is 15.2. The fourth-order valence-electron chi connectivity index (χ4n) is 8.27. The lowest BCUT2D eigenvalue weighted by Gasteiger charge is -2.31. The van der Waals surface area contributed by atoms with Gasteiger partial charge in [0.05, 0.1) is 36.2 Å². The number of alkyl halides is 1. The van der Waals surface area contributed by atoms with Gasteiger partial charge in [0.1, 0.15) is 41.3 Å². The Bertz CT molecular complexity index is 2070. The first kappa shape index (κ1) is 31.2. The number of phenolic OH excluding ortho intramolecular Hbond substituents is 1. The molecule has 0 radical (unpaired) electrons. The van der Waals surface area contributed by atoms with E-state index in [0.717, 1.165) is 35.5 Å². The van der Waals surface area contributed by atoms with Gasteiger partial charge < -0.3 is 24.6 Å². The third-order valence-corrected chi connectivity index (χ3v) is 10.3. The molecule has 1 unspecified atom stereocenters. The van der Waals surface area contributed by atoms with Gasteiger partial charge in [0.15, 0.2) is 0 Å². The molecular formula is C36H40F2N6O4. The molecule has 48 heavy (non-hydrogen) atoms. The average Bonchev–Trinajstić information content (AvgIpc) is 3.67. The Morgan fingerprint density at radius 3 is 2.81 bits per heavy atom. The van der Waals surface area contributed by atoms with Gasteiger partial charge in [-0.3, -0.25) is 9.58 Å². The Hall–Kier alpha value is -4.13. The van der Waals surface area contributed by atoms with Gasteiger partial charge in [-0.05, 0) is 78.9 Å². The lowest BCUT2D eigenvalue weighted by molar-refractivity contribution is -0.0123. The van der Waals surface area contributed by atoms with Crippen molar-refractivity contribution in [3.8, 4) is 22.9 Å². The van der Waals surface area contributed by atoms with Crippen LogP contribution in [0.3, 0.4) is 0 Å². The topological polar surface area (TPSA) is 109 Å². The molecule has 3 aromatic carbocycles. The van der Waals surface area contributed by atoms with Crippen molar-refractivity contribution in [2.24, 2.45) is 7.05 Å². The van der Waals surface area contributed by atoms with Crippen molar-refractivity contribution >= 4 is 38.4 Å². The number of β-amino-alcohol motifs (C(OH)–C–C–N with tert-alkyl or cyclic N) is 1. The molecule has 12 heteroatoms. The minimum Gasteiger partial charge on any atom is -0.508 e. The number of aliphatic hydroxyl groups is 1. The predicted molar refractivity (Wildman–Crippen MR) is 180 cm³/mol. The number of nitrogens with zero attached hydrogens (tertiary/aromatic N) is 6. The SMILES string of the molecule is CCc1c(F)ccc2cc(O)cc(-c3cc4nc(OC[C@@]56CCCN5C[C@H](F)C6)nc(N5CCOCC(C)(O)C5)c4c4cn(C)nc34)c12. The van der Waals surface area contributed by atoms with Crippen LogP contribution in [0.5, 0.6) is 11.8 Å². The van der Waals surface area contributed by atoms with E-state index in [9.17, 15) is 14.6 Å². The van der Waals surface area contributed by atoms with Crippen molar-refractivity contribution in [3.05, 3.63) is 47.9 Å². The first-order chi connectivity index (χ1) is 23.0. The highest BCUT2D eigenvalue weighted by molar-refractivity contribution is 6.17. The van der Waals surface area contributed by atoms with Gasteiger partial charge in [-0.1, -0.05) is 13.0 Å². The van der Waals surface area contributed by atoms with Crippen molar-refractivity contribution in [2.45, 2.75) is 56.8 Å². The van der Waals surface area contributed by atoms with E-state index in [4.69, 9.17) is 24.5 Å². The number of rotatable bonds is 6. The van der Waals surface area contributed by atoms with Crippen LogP contribution in [-0.4, -0.2) is 98.2 Å². The molecule has 5 heterocycles. The standard InChI is InChI=1S/C36H40F2N6O4/c1-4-24-28(38)7-6-21-12-23(45)13-25(30(21)24)26-14-29-31(27-17-42(3)41-32(26)27)33(43-10-11-47-19-35(2,46)18-43)40-34(39-29)48-20-36-8-5-9-44(36)16-22(37)15-36/h6-7,12-14,17,22,45-46H,4-5,8-11,15-16,18-20H2,1-3H3/t22-,35?,36+/m1/s1. The van der Waals surface area contributed by atoms with Crippen molar-refractivity contribution in [1.29, 1.82) is 0 Å². The molecule has 252 valence electrons.